The Labute approximate surface area is 108 Å². The molecule has 0 aromatic heterocycles. The number of carboxylic acid groups (broad SMARTS) is 1. The molecule has 0 unspecified atom stereocenters. The van der Waals surface area contributed by atoms with E-state index in [0.29, 0.717) is 10.8 Å². The molecule has 0 bridgehead atoms. The highest BCUT2D eigenvalue weighted by molar-refractivity contribution is 6.30. The van der Waals surface area contributed by atoms with Gasteiger partial charge in [0.15, 0.2) is 12.7 Å². The second-order valence-corrected chi connectivity index (χ2v) is 3.84. The molecule has 0 spiro atoms. The van der Waals surface area contributed by atoms with Gasteiger partial charge in [-0.1, -0.05) is 11.6 Å². The summed E-state index contributed by atoms with van der Waals surface area (Å²) in [5.74, 6) is -1.45. The molecule has 18 heavy (non-hydrogen) atoms. The molecule has 1 aromatic rings. The Morgan fingerprint density at radius 1 is 1.33 bits per heavy atom. The number of halogens is 1. The first-order chi connectivity index (χ1) is 8.49. The van der Waals surface area contributed by atoms with Gasteiger partial charge in [-0.25, -0.2) is 4.79 Å². The molecule has 0 radical (unpaired) electrons. The van der Waals surface area contributed by atoms with Crippen LogP contribution in [0.4, 0.5) is 0 Å². The van der Waals surface area contributed by atoms with Crippen LogP contribution in [0.3, 0.4) is 0 Å². The van der Waals surface area contributed by atoms with Gasteiger partial charge in [0.2, 0.25) is 0 Å². The first kappa shape index (κ1) is 14.3. The molecule has 6 nitrogen and oxygen atoms in total. The van der Waals surface area contributed by atoms with Crippen LogP contribution in [-0.2, 0) is 9.59 Å². The van der Waals surface area contributed by atoms with Crippen molar-refractivity contribution in [3.63, 3.8) is 0 Å². The Bertz CT molecular complexity index is 420. The third-order valence-electron chi connectivity index (χ3n) is 1.96. The third kappa shape index (κ3) is 5.03. The number of carbonyl (C=O) groups excluding carboxylic acids is 1. The first-order valence-electron chi connectivity index (χ1n) is 5.05. The second-order valence-electron chi connectivity index (χ2n) is 3.40. The van der Waals surface area contributed by atoms with Crippen LogP contribution >= 0.6 is 11.6 Å². The predicted molar refractivity (Wildman–Crippen MR) is 63.6 cm³/mol. The van der Waals surface area contributed by atoms with E-state index in [1.54, 1.807) is 24.3 Å². The topological polar surface area (TPSA) is 95.9 Å². The molecule has 0 aliphatic carbocycles. The number of hydrogen-bond donors (Lipinski definition) is 3. The lowest BCUT2D eigenvalue weighted by Gasteiger charge is -2.09. The van der Waals surface area contributed by atoms with Crippen LogP contribution in [0.1, 0.15) is 0 Å². The van der Waals surface area contributed by atoms with Gasteiger partial charge in [0, 0.05) is 5.02 Å². The maximum absolute atomic E-state index is 11.2. The van der Waals surface area contributed by atoms with Crippen LogP contribution in [0.15, 0.2) is 24.3 Å². The summed E-state index contributed by atoms with van der Waals surface area (Å²) in [7, 11) is 0. The summed E-state index contributed by atoms with van der Waals surface area (Å²) in [6.45, 7) is -0.633. The van der Waals surface area contributed by atoms with Crippen LogP contribution in [0.25, 0.3) is 0 Å². The molecule has 0 fully saturated rings. The van der Waals surface area contributed by atoms with Gasteiger partial charge in [-0.2, -0.15) is 0 Å². The Hall–Kier alpha value is -1.79. The van der Waals surface area contributed by atoms with E-state index in [1.165, 1.54) is 0 Å². The average Bonchev–Trinajstić information content (AvgIpc) is 2.35. The van der Waals surface area contributed by atoms with E-state index in [9.17, 15) is 9.59 Å². The number of rotatable bonds is 6. The van der Waals surface area contributed by atoms with Crippen LogP contribution in [-0.4, -0.2) is 41.3 Å². The summed E-state index contributed by atoms with van der Waals surface area (Å²) < 4.78 is 5.12. The highest BCUT2D eigenvalue weighted by Crippen LogP contribution is 2.15. The van der Waals surface area contributed by atoms with Crippen molar-refractivity contribution < 1.29 is 24.5 Å². The minimum Gasteiger partial charge on any atom is -0.484 e. The molecule has 0 heterocycles. The molecular weight excluding hydrogens is 262 g/mol. The quantitative estimate of drug-likeness (QED) is 0.692. The van der Waals surface area contributed by atoms with E-state index in [4.69, 9.17) is 26.6 Å². The maximum Gasteiger partial charge on any atom is 0.334 e. The summed E-state index contributed by atoms with van der Waals surface area (Å²) in [6.07, 6.45) is -1.62. The van der Waals surface area contributed by atoms with Gasteiger partial charge in [0.05, 0.1) is 6.54 Å². The zero-order valence-electron chi connectivity index (χ0n) is 9.30. The summed E-state index contributed by atoms with van der Waals surface area (Å²) in [5.41, 5.74) is 0. The molecular formula is C11H12ClNO5. The summed E-state index contributed by atoms with van der Waals surface area (Å²) in [5, 5.41) is 20.1. The molecule has 98 valence electrons. The molecule has 0 aliphatic heterocycles. The number of hydrogen-bond acceptors (Lipinski definition) is 4. The monoisotopic (exact) mass is 273 g/mol. The highest BCUT2D eigenvalue weighted by Gasteiger charge is 2.14. The van der Waals surface area contributed by atoms with Gasteiger partial charge < -0.3 is 20.3 Å². The standard InChI is InChI=1S/C11H12ClNO5/c12-7-1-3-8(4-2-7)18-6-10(15)13-5-9(14)11(16)17/h1-4,9,14H,5-6H2,(H,13,15)(H,16,17)/t9-/m0/s1. The van der Waals surface area contributed by atoms with Crippen molar-refractivity contribution in [3.05, 3.63) is 29.3 Å². The molecule has 1 aromatic carbocycles. The van der Waals surface area contributed by atoms with Crippen molar-refractivity contribution in [3.8, 4) is 5.75 Å². The summed E-state index contributed by atoms with van der Waals surface area (Å²) >= 11 is 5.67. The third-order valence-corrected chi connectivity index (χ3v) is 2.21. The molecule has 3 N–H and O–H groups in total. The van der Waals surface area contributed by atoms with E-state index in [0.717, 1.165) is 0 Å². The second kappa shape index (κ2) is 6.83. The number of benzene rings is 1. The lowest BCUT2D eigenvalue weighted by molar-refractivity contribution is -0.146. The Kier molecular flexibility index (Phi) is 5.41. The number of aliphatic carboxylic acids is 1. The smallest absolute Gasteiger partial charge is 0.334 e. The number of carboxylic acids is 1. The van der Waals surface area contributed by atoms with E-state index < -0.39 is 18.0 Å². The molecule has 7 heteroatoms. The molecule has 1 amide bonds. The van der Waals surface area contributed by atoms with Gasteiger partial charge in [0.25, 0.3) is 5.91 Å². The van der Waals surface area contributed by atoms with Crippen molar-refractivity contribution >= 4 is 23.5 Å². The fraction of sp³-hybridized carbons (Fsp3) is 0.273. The lowest BCUT2D eigenvalue weighted by atomic mass is 10.3. The minimum atomic E-state index is -1.62. The van der Waals surface area contributed by atoms with Crippen LogP contribution in [0, 0.1) is 0 Å². The summed E-state index contributed by atoms with van der Waals surface area (Å²) in [6, 6.07) is 6.43. The average molecular weight is 274 g/mol. The zero-order valence-corrected chi connectivity index (χ0v) is 10.1. The number of aliphatic hydroxyl groups is 1. The number of nitrogens with one attached hydrogen (secondary N) is 1. The molecule has 1 rings (SSSR count). The van der Waals surface area contributed by atoms with Gasteiger partial charge in [-0.3, -0.25) is 4.79 Å². The molecule has 1 atom stereocenters. The van der Waals surface area contributed by atoms with Crippen molar-refractivity contribution in [1.29, 1.82) is 0 Å². The van der Waals surface area contributed by atoms with Gasteiger partial charge in [0.1, 0.15) is 5.75 Å². The molecule has 0 aliphatic rings. The number of carbonyl (C=O) groups is 2. The largest absolute Gasteiger partial charge is 0.484 e. The van der Waals surface area contributed by atoms with Crippen molar-refractivity contribution in [2.24, 2.45) is 0 Å². The number of ether oxygens (including phenoxy) is 1. The Morgan fingerprint density at radius 3 is 2.50 bits per heavy atom. The predicted octanol–water partition coefficient (Wildman–Crippen LogP) is 0.280. The van der Waals surface area contributed by atoms with E-state index >= 15 is 0 Å². The fourth-order valence-corrected chi connectivity index (χ4v) is 1.15. The molecule has 0 saturated heterocycles. The van der Waals surface area contributed by atoms with E-state index in [1.807, 2.05) is 0 Å². The maximum atomic E-state index is 11.2. The van der Waals surface area contributed by atoms with Crippen molar-refractivity contribution in [1.82, 2.24) is 5.32 Å². The zero-order chi connectivity index (χ0) is 13.5. The van der Waals surface area contributed by atoms with Gasteiger partial charge in [-0.05, 0) is 24.3 Å². The van der Waals surface area contributed by atoms with E-state index in [2.05, 4.69) is 5.32 Å². The number of aliphatic hydroxyl groups excluding tert-OH is 1. The van der Waals surface area contributed by atoms with Crippen LogP contribution in [0.5, 0.6) is 5.75 Å². The van der Waals surface area contributed by atoms with Crippen molar-refractivity contribution in [2.45, 2.75) is 6.10 Å². The lowest BCUT2D eigenvalue weighted by Crippen LogP contribution is -2.38. The normalized spacial score (nSPS) is 11.7. The van der Waals surface area contributed by atoms with Gasteiger partial charge in [-0.15, -0.1) is 0 Å². The first-order valence-corrected chi connectivity index (χ1v) is 5.43. The SMILES string of the molecule is O=C(COc1ccc(Cl)cc1)NC[C@H](O)C(=O)O. The summed E-state index contributed by atoms with van der Waals surface area (Å²) in [4.78, 5) is 21.5. The Morgan fingerprint density at radius 2 is 1.94 bits per heavy atom. The Balaban J connectivity index is 2.29. The fourth-order valence-electron chi connectivity index (χ4n) is 1.03. The van der Waals surface area contributed by atoms with Gasteiger partial charge >= 0.3 is 5.97 Å². The highest BCUT2D eigenvalue weighted by atomic mass is 35.5. The van der Waals surface area contributed by atoms with E-state index in [-0.39, 0.29) is 13.2 Å². The number of amides is 1. The van der Waals surface area contributed by atoms with Crippen LogP contribution in [0.2, 0.25) is 5.02 Å². The van der Waals surface area contributed by atoms with Crippen LogP contribution < -0.4 is 10.1 Å². The van der Waals surface area contributed by atoms with Crippen molar-refractivity contribution in [2.75, 3.05) is 13.2 Å². The molecule has 0 saturated carbocycles. The minimum absolute atomic E-state index is 0.270.